The van der Waals surface area contributed by atoms with Gasteiger partial charge in [-0.05, 0) is 54.2 Å². The van der Waals surface area contributed by atoms with E-state index >= 15 is 0 Å². The molecule has 0 amide bonds. The molecule has 2 N–H and O–H groups in total. The van der Waals surface area contributed by atoms with Crippen molar-refractivity contribution in [3.8, 4) is 0 Å². The fraction of sp³-hybridized carbons (Fsp3) is 0.476. The number of thiophene rings is 1. The zero-order chi connectivity index (χ0) is 18.9. The first-order valence-electron chi connectivity index (χ1n) is 9.73. The standard InChI is InChI=1S/C21H29N3OS2/c1-2-17-6-8-18(9-7-17)20(19-5-3-16-27-19)23-21(26)22-10-4-11-24-12-14-25-15-13-24/h3,5-9,16,20H,2,4,10-15H2,1H3,(H2,22,23,26)/t20-/m0/s1. The minimum atomic E-state index is 0.0927. The SMILES string of the molecule is CCc1ccc([C@H](NC(=S)NCCCN2CCOCC2)c2cccs2)cc1. The molecule has 1 saturated heterocycles. The van der Waals surface area contributed by atoms with E-state index < -0.39 is 0 Å². The molecule has 2 heterocycles. The van der Waals surface area contributed by atoms with Crippen LogP contribution < -0.4 is 10.6 Å². The minimum Gasteiger partial charge on any atom is -0.379 e. The van der Waals surface area contributed by atoms with Crippen molar-refractivity contribution in [2.24, 2.45) is 0 Å². The number of thiocarbonyl (C=S) groups is 1. The molecule has 1 fully saturated rings. The molecule has 0 saturated carbocycles. The second kappa shape index (κ2) is 10.8. The van der Waals surface area contributed by atoms with Gasteiger partial charge in [0, 0.05) is 24.5 Å². The number of benzene rings is 1. The number of ether oxygens (including phenoxy) is 1. The van der Waals surface area contributed by atoms with Gasteiger partial charge >= 0.3 is 0 Å². The van der Waals surface area contributed by atoms with Crippen LogP contribution in [-0.2, 0) is 11.2 Å². The lowest BCUT2D eigenvalue weighted by molar-refractivity contribution is 0.0376. The molecule has 0 aliphatic carbocycles. The Morgan fingerprint density at radius 1 is 1.22 bits per heavy atom. The summed E-state index contributed by atoms with van der Waals surface area (Å²) in [5.74, 6) is 0. The third-order valence-electron chi connectivity index (χ3n) is 4.86. The highest BCUT2D eigenvalue weighted by Crippen LogP contribution is 2.26. The van der Waals surface area contributed by atoms with E-state index in [1.807, 2.05) is 0 Å². The Morgan fingerprint density at radius 3 is 2.67 bits per heavy atom. The number of hydrogen-bond acceptors (Lipinski definition) is 4. The van der Waals surface area contributed by atoms with Crippen LogP contribution in [0.3, 0.4) is 0 Å². The van der Waals surface area contributed by atoms with Gasteiger partial charge in [-0.15, -0.1) is 11.3 Å². The summed E-state index contributed by atoms with van der Waals surface area (Å²) >= 11 is 7.33. The Balaban J connectivity index is 1.51. The van der Waals surface area contributed by atoms with Gasteiger partial charge < -0.3 is 15.4 Å². The average Bonchev–Trinajstić information content (AvgIpc) is 3.25. The third-order valence-corrected chi connectivity index (χ3v) is 6.06. The number of morpholine rings is 1. The van der Waals surface area contributed by atoms with Gasteiger partial charge in [-0.25, -0.2) is 0 Å². The molecule has 1 aromatic carbocycles. The molecule has 0 spiro atoms. The zero-order valence-corrected chi connectivity index (χ0v) is 17.6. The highest BCUT2D eigenvalue weighted by Gasteiger charge is 2.16. The summed E-state index contributed by atoms with van der Waals surface area (Å²) in [7, 11) is 0. The second-order valence-corrected chi connectivity index (χ2v) is 8.14. The largest absolute Gasteiger partial charge is 0.379 e. The molecule has 4 nitrogen and oxygen atoms in total. The number of nitrogens with one attached hydrogen (secondary N) is 2. The van der Waals surface area contributed by atoms with Crippen LogP contribution in [0.1, 0.15) is 35.4 Å². The number of nitrogens with zero attached hydrogens (tertiary/aromatic N) is 1. The lowest BCUT2D eigenvalue weighted by Gasteiger charge is -2.26. The van der Waals surface area contributed by atoms with Crippen LogP contribution in [0.5, 0.6) is 0 Å². The fourth-order valence-electron chi connectivity index (χ4n) is 3.23. The van der Waals surface area contributed by atoms with Crippen molar-refractivity contribution >= 4 is 28.7 Å². The van der Waals surface area contributed by atoms with Crippen LogP contribution in [0.25, 0.3) is 0 Å². The zero-order valence-electron chi connectivity index (χ0n) is 15.9. The molecule has 2 aromatic rings. The summed E-state index contributed by atoms with van der Waals surface area (Å²) in [6, 6.07) is 13.2. The summed E-state index contributed by atoms with van der Waals surface area (Å²) in [4.78, 5) is 3.72. The molecular weight excluding hydrogens is 374 g/mol. The van der Waals surface area contributed by atoms with E-state index in [2.05, 4.69) is 64.2 Å². The Bertz CT molecular complexity index is 682. The molecular formula is C21H29N3OS2. The number of rotatable bonds is 8. The molecule has 1 aliphatic heterocycles. The fourth-order valence-corrected chi connectivity index (χ4v) is 4.25. The van der Waals surface area contributed by atoms with Gasteiger partial charge in [-0.1, -0.05) is 37.3 Å². The van der Waals surface area contributed by atoms with Crippen LogP contribution in [-0.4, -0.2) is 49.4 Å². The molecule has 1 aliphatic rings. The molecule has 146 valence electrons. The molecule has 1 atom stereocenters. The lowest BCUT2D eigenvalue weighted by atomic mass is 10.0. The van der Waals surface area contributed by atoms with Crippen molar-refractivity contribution in [1.29, 1.82) is 0 Å². The van der Waals surface area contributed by atoms with E-state index in [1.165, 1.54) is 16.0 Å². The van der Waals surface area contributed by atoms with Crippen molar-refractivity contribution in [3.05, 3.63) is 57.8 Å². The van der Waals surface area contributed by atoms with Gasteiger partial charge in [0.05, 0.1) is 19.3 Å². The maximum atomic E-state index is 5.57. The smallest absolute Gasteiger partial charge is 0.167 e. The highest BCUT2D eigenvalue weighted by molar-refractivity contribution is 7.80. The van der Waals surface area contributed by atoms with Gasteiger partial charge in [0.25, 0.3) is 0 Å². The predicted octanol–water partition coefficient (Wildman–Crippen LogP) is 3.59. The topological polar surface area (TPSA) is 36.5 Å². The van der Waals surface area contributed by atoms with Gasteiger partial charge in [-0.3, -0.25) is 4.90 Å². The number of hydrogen-bond donors (Lipinski definition) is 2. The van der Waals surface area contributed by atoms with Crippen molar-refractivity contribution in [2.75, 3.05) is 39.4 Å². The quantitative estimate of drug-likeness (QED) is 0.520. The third kappa shape index (κ3) is 6.28. The first-order valence-corrected chi connectivity index (χ1v) is 11.0. The van der Waals surface area contributed by atoms with Gasteiger partial charge in [-0.2, -0.15) is 0 Å². The van der Waals surface area contributed by atoms with Crippen molar-refractivity contribution in [1.82, 2.24) is 15.5 Å². The Morgan fingerprint density at radius 2 is 2.00 bits per heavy atom. The van der Waals surface area contributed by atoms with Crippen LogP contribution in [0.4, 0.5) is 0 Å². The summed E-state index contributed by atoms with van der Waals surface area (Å²) < 4.78 is 5.39. The molecule has 1 aromatic heterocycles. The first-order chi connectivity index (χ1) is 13.3. The summed E-state index contributed by atoms with van der Waals surface area (Å²) in [5.41, 5.74) is 2.60. The van der Waals surface area contributed by atoms with Gasteiger partial charge in [0.1, 0.15) is 0 Å². The summed E-state index contributed by atoms with van der Waals surface area (Å²) in [6.07, 6.45) is 2.14. The molecule has 0 bridgehead atoms. The van der Waals surface area contributed by atoms with Gasteiger partial charge in [0.2, 0.25) is 0 Å². The lowest BCUT2D eigenvalue weighted by Crippen LogP contribution is -2.40. The van der Waals surface area contributed by atoms with E-state index in [4.69, 9.17) is 17.0 Å². The van der Waals surface area contributed by atoms with Crippen LogP contribution in [0.2, 0.25) is 0 Å². The van der Waals surface area contributed by atoms with Crippen LogP contribution in [0.15, 0.2) is 41.8 Å². The maximum absolute atomic E-state index is 5.57. The van der Waals surface area contributed by atoms with Gasteiger partial charge in [0.15, 0.2) is 5.11 Å². The highest BCUT2D eigenvalue weighted by atomic mass is 32.1. The van der Waals surface area contributed by atoms with E-state index in [-0.39, 0.29) is 6.04 Å². The minimum absolute atomic E-state index is 0.0927. The van der Waals surface area contributed by atoms with Crippen LogP contribution in [0, 0.1) is 0 Å². The molecule has 0 unspecified atom stereocenters. The van der Waals surface area contributed by atoms with Crippen LogP contribution >= 0.6 is 23.6 Å². The predicted molar refractivity (Wildman–Crippen MR) is 118 cm³/mol. The summed E-state index contributed by atoms with van der Waals surface area (Å²) in [5, 5.41) is 9.71. The summed E-state index contributed by atoms with van der Waals surface area (Å²) in [6.45, 7) is 7.94. The number of aryl methyl sites for hydroxylation is 1. The maximum Gasteiger partial charge on any atom is 0.167 e. The Labute approximate surface area is 171 Å². The monoisotopic (exact) mass is 403 g/mol. The normalized spacial score (nSPS) is 16.0. The van der Waals surface area contributed by atoms with E-state index in [0.717, 1.165) is 57.3 Å². The molecule has 27 heavy (non-hydrogen) atoms. The average molecular weight is 404 g/mol. The molecule has 0 radical (unpaired) electrons. The van der Waals surface area contributed by atoms with E-state index in [1.54, 1.807) is 11.3 Å². The van der Waals surface area contributed by atoms with E-state index in [9.17, 15) is 0 Å². The first kappa shape index (κ1) is 20.3. The van der Waals surface area contributed by atoms with E-state index in [0.29, 0.717) is 0 Å². The van der Waals surface area contributed by atoms with Crippen molar-refractivity contribution in [2.45, 2.75) is 25.8 Å². The van der Waals surface area contributed by atoms with Crippen molar-refractivity contribution < 1.29 is 4.74 Å². The molecule has 6 heteroatoms. The second-order valence-electron chi connectivity index (χ2n) is 6.75. The Kier molecular flexibility index (Phi) is 8.08. The van der Waals surface area contributed by atoms with Crippen molar-refractivity contribution in [3.63, 3.8) is 0 Å². The molecule has 3 rings (SSSR count). The Hall–Kier alpha value is -1.47.